The smallest absolute Gasteiger partial charge is 0.309 e. The molecule has 1 aromatic carbocycles. The highest BCUT2D eigenvalue weighted by molar-refractivity contribution is 5.69. The van der Waals surface area contributed by atoms with Crippen molar-refractivity contribution in [1.29, 1.82) is 0 Å². The summed E-state index contributed by atoms with van der Waals surface area (Å²) in [5.41, 5.74) is 8.50. The lowest BCUT2D eigenvalue weighted by Gasteiger charge is -2.39. The van der Waals surface area contributed by atoms with Crippen LogP contribution in [0.25, 0.3) is 0 Å². The Morgan fingerprint density at radius 2 is 1.61 bits per heavy atom. The first kappa shape index (κ1) is 18.9. The van der Waals surface area contributed by atoms with Crippen LogP contribution in [0.2, 0.25) is 0 Å². The molecule has 1 aliphatic heterocycles. The first-order valence-corrected chi connectivity index (χ1v) is 6.57. The molecule has 10 nitrogen and oxygen atoms in total. The SMILES string of the molecule is NC(N)=O.OC[C@H]1O[C@@H](Oc2ccc(O)cc2)[C@H](O)[C@@H](O)[C@@H]1O. The van der Waals surface area contributed by atoms with Gasteiger partial charge in [-0.05, 0) is 24.3 Å². The van der Waals surface area contributed by atoms with Gasteiger partial charge < -0.3 is 46.5 Å². The number of rotatable bonds is 3. The summed E-state index contributed by atoms with van der Waals surface area (Å²) in [6.45, 7) is -0.514. The Bertz CT molecular complexity index is 491. The van der Waals surface area contributed by atoms with Crippen molar-refractivity contribution >= 4 is 6.03 Å². The fourth-order valence-corrected chi connectivity index (χ4v) is 1.82. The number of primary amides is 2. The summed E-state index contributed by atoms with van der Waals surface area (Å²) in [5.74, 6) is 0.364. The summed E-state index contributed by atoms with van der Waals surface area (Å²) in [4.78, 5) is 9.00. The van der Waals surface area contributed by atoms with Crippen LogP contribution in [0.5, 0.6) is 11.5 Å². The second-order valence-corrected chi connectivity index (χ2v) is 4.71. The lowest BCUT2D eigenvalue weighted by atomic mass is 9.99. The van der Waals surface area contributed by atoms with Crippen molar-refractivity contribution in [2.45, 2.75) is 30.7 Å². The molecule has 0 aliphatic carbocycles. The van der Waals surface area contributed by atoms with Crippen molar-refractivity contribution in [3.63, 3.8) is 0 Å². The molecule has 0 unspecified atom stereocenters. The molecule has 2 rings (SSSR count). The third-order valence-corrected chi connectivity index (χ3v) is 2.94. The molecule has 130 valence electrons. The van der Waals surface area contributed by atoms with Crippen molar-refractivity contribution in [1.82, 2.24) is 0 Å². The summed E-state index contributed by atoms with van der Waals surface area (Å²) in [7, 11) is 0. The predicted octanol–water partition coefficient (Wildman–Crippen LogP) is -2.41. The Morgan fingerprint density at radius 3 is 2.09 bits per heavy atom. The van der Waals surface area contributed by atoms with Gasteiger partial charge >= 0.3 is 6.03 Å². The number of hydrogen-bond acceptors (Lipinski definition) is 8. The van der Waals surface area contributed by atoms with Gasteiger partial charge in [-0.2, -0.15) is 0 Å². The number of urea groups is 1. The van der Waals surface area contributed by atoms with Crippen LogP contribution in [-0.4, -0.2) is 68.9 Å². The van der Waals surface area contributed by atoms with Crippen molar-refractivity contribution in [2.24, 2.45) is 11.5 Å². The van der Waals surface area contributed by atoms with Gasteiger partial charge in [-0.1, -0.05) is 0 Å². The molecule has 10 heteroatoms. The summed E-state index contributed by atoms with van der Waals surface area (Å²) >= 11 is 0. The fraction of sp³-hybridized carbons (Fsp3) is 0.462. The predicted molar refractivity (Wildman–Crippen MR) is 76.3 cm³/mol. The summed E-state index contributed by atoms with van der Waals surface area (Å²) < 4.78 is 10.5. The number of carbonyl (C=O) groups is 1. The van der Waals surface area contributed by atoms with Gasteiger partial charge in [0.1, 0.15) is 35.9 Å². The van der Waals surface area contributed by atoms with Gasteiger partial charge in [0, 0.05) is 0 Å². The van der Waals surface area contributed by atoms with E-state index < -0.39 is 43.3 Å². The maximum Gasteiger partial charge on any atom is 0.309 e. The van der Waals surface area contributed by atoms with Gasteiger partial charge in [-0.15, -0.1) is 0 Å². The lowest BCUT2D eigenvalue weighted by molar-refractivity contribution is -0.277. The van der Waals surface area contributed by atoms with E-state index in [2.05, 4.69) is 11.5 Å². The summed E-state index contributed by atoms with van der Waals surface area (Å²) in [6, 6.07) is 4.85. The molecular weight excluding hydrogens is 312 g/mol. The number of phenolic OH excluding ortho intramolecular Hbond substituents is 1. The Balaban J connectivity index is 0.000000593. The monoisotopic (exact) mass is 332 g/mol. The van der Waals surface area contributed by atoms with Crippen LogP contribution in [0.15, 0.2) is 24.3 Å². The summed E-state index contributed by atoms with van der Waals surface area (Å²) in [5, 5.41) is 47.1. The van der Waals surface area contributed by atoms with Gasteiger partial charge in [0.25, 0.3) is 0 Å². The van der Waals surface area contributed by atoms with Gasteiger partial charge in [0.2, 0.25) is 6.29 Å². The number of hydrogen-bond donors (Lipinski definition) is 7. The molecule has 23 heavy (non-hydrogen) atoms. The minimum absolute atomic E-state index is 0.0566. The highest BCUT2D eigenvalue weighted by atomic mass is 16.7. The molecule has 0 radical (unpaired) electrons. The van der Waals surface area contributed by atoms with Crippen molar-refractivity contribution in [2.75, 3.05) is 6.61 Å². The zero-order valence-corrected chi connectivity index (χ0v) is 12.0. The molecule has 1 fully saturated rings. The molecule has 0 saturated carbocycles. The van der Waals surface area contributed by atoms with Crippen molar-refractivity contribution < 1.29 is 39.8 Å². The average Bonchev–Trinajstić information content (AvgIpc) is 2.49. The maximum atomic E-state index is 9.75. The highest BCUT2D eigenvalue weighted by Crippen LogP contribution is 2.25. The number of carbonyl (C=O) groups excluding carboxylic acids is 1. The molecule has 1 heterocycles. The topological polar surface area (TPSA) is 189 Å². The van der Waals surface area contributed by atoms with Crippen LogP contribution < -0.4 is 16.2 Å². The first-order chi connectivity index (χ1) is 10.8. The van der Waals surface area contributed by atoms with Crippen LogP contribution in [0.1, 0.15) is 0 Å². The largest absolute Gasteiger partial charge is 0.508 e. The lowest BCUT2D eigenvalue weighted by Crippen LogP contribution is -2.60. The number of aliphatic hydroxyl groups is 4. The second kappa shape index (κ2) is 8.50. The molecule has 1 saturated heterocycles. The Kier molecular flexibility index (Phi) is 7.00. The van der Waals surface area contributed by atoms with E-state index in [0.717, 1.165) is 0 Å². The average molecular weight is 332 g/mol. The van der Waals surface area contributed by atoms with Crippen molar-refractivity contribution in [3.05, 3.63) is 24.3 Å². The third kappa shape index (κ3) is 5.54. The third-order valence-electron chi connectivity index (χ3n) is 2.94. The maximum absolute atomic E-state index is 9.75. The molecule has 9 N–H and O–H groups in total. The number of amides is 2. The Labute approximate surface area is 131 Å². The van der Waals surface area contributed by atoms with E-state index in [1.54, 1.807) is 0 Å². The summed E-state index contributed by atoms with van der Waals surface area (Å²) in [6.07, 6.45) is -6.58. The Morgan fingerprint density at radius 1 is 1.09 bits per heavy atom. The van der Waals surface area contributed by atoms with Crippen LogP contribution in [0, 0.1) is 0 Å². The van der Waals surface area contributed by atoms with Crippen LogP contribution in [0.4, 0.5) is 4.79 Å². The normalized spacial score (nSPS) is 30.0. The quantitative estimate of drug-likeness (QED) is 0.318. The molecule has 5 atom stereocenters. The second-order valence-electron chi connectivity index (χ2n) is 4.71. The molecule has 0 aromatic heterocycles. The van der Waals surface area contributed by atoms with E-state index in [9.17, 15) is 15.3 Å². The molecule has 0 bridgehead atoms. The fourth-order valence-electron chi connectivity index (χ4n) is 1.82. The van der Waals surface area contributed by atoms with Crippen LogP contribution in [-0.2, 0) is 4.74 Å². The van der Waals surface area contributed by atoms with Gasteiger partial charge in [-0.25, -0.2) is 4.79 Å². The highest BCUT2D eigenvalue weighted by Gasteiger charge is 2.44. The molecule has 0 spiro atoms. The number of benzene rings is 1. The number of aromatic hydroxyl groups is 1. The molecule has 1 aliphatic rings. The van der Waals surface area contributed by atoms with Crippen molar-refractivity contribution in [3.8, 4) is 11.5 Å². The molecule has 2 amide bonds. The molecular formula is C13H20N2O8. The van der Waals surface area contributed by atoms with E-state index in [1.165, 1.54) is 24.3 Å². The number of aliphatic hydroxyl groups excluding tert-OH is 4. The van der Waals surface area contributed by atoms with E-state index in [0.29, 0.717) is 5.75 Å². The van der Waals surface area contributed by atoms with E-state index in [4.69, 9.17) is 24.5 Å². The minimum atomic E-state index is -1.48. The first-order valence-electron chi connectivity index (χ1n) is 6.57. The Hall–Kier alpha value is -2.11. The van der Waals surface area contributed by atoms with Gasteiger partial charge in [-0.3, -0.25) is 0 Å². The van der Waals surface area contributed by atoms with Gasteiger partial charge in [0.15, 0.2) is 0 Å². The minimum Gasteiger partial charge on any atom is -0.508 e. The zero-order chi connectivity index (χ0) is 17.6. The van der Waals surface area contributed by atoms with Crippen LogP contribution >= 0.6 is 0 Å². The number of phenols is 1. The molecule has 1 aromatic rings. The van der Waals surface area contributed by atoms with Gasteiger partial charge in [0.05, 0.1) is 6.61 Å². The van der Waals surface area contributed by atoms with E-state index >= 15 is 0 Å². The number of ether oxygens (including phenoxy) is 2. The van der Waals surface area contributed by atoms with E-state index in [1.807, 2.05) is 0 Å². The van der Waals surface area contributed by atoms with E-state index in [-0.39, 0.29) is 5.75 Å². The van der Waals surface area contributed by atoms with Crippen LogP contribution in [0.3, 0.4) is 0 Å². The standard InChI is InChI=1S/C12H16O7.CH4N2O/c13-5-8-9(15)10(16)11(17)12(19-8)18-7-3-1-6(14)2-4-7;2-1(3)4/h1-4,8-17H,5H2;(H4,2,3,4)/t8-,9-,10+,11-,12-;/m1./s1. The zero-order valence-electron chi connectivity index (χ0n) is 12.0. The number of nitrogens with two attached hydrogens (primary N) is 2.